The third-order valence-electron chi connectivity index (χ3n) is 4.23. The molecule has 0 bridgehead atoms. The first-order valence-electron chi connectivity index (χ1n) is 7.97. The van der Waals surface area contributed by atoms with Crippen molar-refractivity contribution in [3.8, 4) is 0 Å². The minimum atomic E-state index is -1.00. The van der Waals surface area contributed by atoms with Crippen LogP contribution in [0.15, 0.2) is 24.3 Å². The van der Waals surface area contributed by atoms with E-state index in [9.17, 15) is 19.5 Å². The van der Waals surface area contributed by atoms with Crippen LogP contribution in [-0.2, 0) is 9.59 Å². The Morgan fingerprint density at radius 2 is 1.74 bits per heavy atom. The lowest BCUT2D eigenvalue weighted by molar-refractivity contribution is -0.139. The normalized spacial score (nSPS) is 18.1. The predicted molar refractivity (Wildman–Crippen MR) is 84.0 cm³/mol. The van der Waals surface area contributed by atoms with Crippen LogP contribution in [-0.4, -0.2) is 28.9 Å². The van der Waals surface area contributed by atoms with Gasteiger partial charge >= 0.3 is 5.97 Å². The molecule has 2 fully saturated rings. The molecule has 0 heterocycles. The van der Waals surface area contributed by atoms with Gasteiger partial charge in [0.15, 0.2) is 0 Å². The van der Waals surface area contributed by atoms with Crippen molar-refractivity contribution in [1.82, 2.24) is 5.32 Å². The van der Waals surface area contributed by atoms with Crippen LogP contribution in [0.1, 0.15) is 42.5 Å². The molecule has 0 aliphatic heterocycles. The summed E-state index contributed by atoms with van der Waals surface area (Å²) in [6, 6.07) is 5.66. The maximum absolute atomic E-state index is 12.2. The van der Waals surface area contributed by atoms with Gasteiger partial charge in [-0.25, -0.2) is 4.79 Å². The fourth-order valence-electron chi connectivity index (χ4n) is 2.44. The highest BCUT2D eigenvalue weighted by molar-refractivity contribution is 5.98. The van der Waals surface area contributed by atoms with Crippen molar-refractivity contribution in [2.75, 3.05) is 5.32 Å². The summed E-state index contributed by atoms with van der Waals surface area (Å²) in [6.07, 6.45) is 4.43. The summed E-state index contributed by atoms with van der Waals surface area (Å²) in [4.78, 5) is 35.0. The molecule has 1 aromatic rings. The van der Waals surface area contributed by atoms with Crippen LogP contribution in [0.4, 0.5) is 5.69 Å². The molecule has 0 radical (unpaired) electrons. The van der Waals surface area contributed by atoms with Gasteiger partial charge in [0.05, 0.1) is 0 Å². The monoisotopic (exact) mass is 316 g/mol. The Balaban J connectivity index is 1.57. The topological polar surface area (TPSA) is 95.5 Å². The van der Waals surface area contributed by atoms with Crippen LogP contribution in [0.5, 0.6) is 0 Å². The first-order valence-corrected chi connectivity index (χ1v) is 7.97. The van der Waals surface area contributed by atoms with E-state index in [4.69, 9.17) is 0 Å². The summed E-state index contributed by atoms with van der Waals surface area (Å²) in [5.74, 6) is -0.859. The van der Waals surface area contributed by atoms with Crippen LogP contribution in [0.2, 0.25) is 0 Å². The van der Waals surface area contributed by atoms with Gasteiger partial charge in [-0.2, -0.15) is 0 Å². The fraction of sp³-hybridized carbons (Fsp3) is 0.471. The fourth-order valence-corrected chi connectivity index (χ4v) is 2.44. The average Bonchev–Trinajstić information content (AvgIpc) is 3.39. The highest BCUT2D eigenvalue weighted by Gasteiger charge is 2.31. The van der Waals surface area contributed by atoms with Crippen molar-refractivity contribution in [1.29, 1.82) is 0 Å². The second kappa shape index (κ2) is 6.40. The van der Waals surface area contributed by atoms with E-state index in [1.54, 1.807) is 24.3 Å². The number of amides is 2. The van der Waals surface area contributed by atoms with Gasteiger partial charge in [-0.1, -0.05) is 12.8 Å². The third-order valence-corrected chi connectivity index (χ3v) is 4.23. The van der Waals surface area contributed by atoms with Gasteiger partial charge in [-0.15, -0.1) is 0 Å². The quantitative estimate of drug-likeness (QED) is 0.717. The number of hydrogen-bond donors (Lipinski definition) is 3. The number of aliphatic carboxylic acids is 1. The molecule has 2 aliphatic carbocycles. The lowest BCUT2D eigenvalue weighted by Gasteiger charge is -2.14. The summed E-state index contributed by atoms with van der Waals surface area (Å²) in [6.45, 7) is 0. The number of carboxylic acids is 1. The van der Waals surface area contributed by atoms with Gasteiger partial charge in [-0.05, 0) is 49.4 Å². The van der Waals surface area contributed by atoms with Crippen molar-refractivity contribution < 1.29 is 19.5 Å². The van der Waals surface area contributed by atoms with Crippen LogP contribution in [0.25, 0.3) is 0 Å². The van der Waals surface area contributed by atoms with Gasteiger partial charge in [0.2, 0.25) is 5.91 Å². The van der Waals surface area contributed by atoms with E-state index in [1.807, 2.05) is 0 Å². The van der Waals surface area contributed by atoms with Crippen LogP contribution >= 0.6 is 0 Å². The second-order valence-corrected chi connectivity index (χ2v) is 6.38. The largest absolute Gasteiger partial charge is 0.480 e. The highest BCUT2D eigenvalue weighted by atomic mass is 16.4. The number of benzene rings is 1. The lowest BCUT2D eigenvalue weighted by atomic mass is 10.1. The van der Waals surface area contributed by atoms with Crippen molar-refractivity contribution >= 4 is 23.5 Å². The Bertz CT molecular complexity index is 618. The summed E-state index contributed by atoms with van der Waals surface area (Å²) < 4.78 is 0. The maximum atomic E-state index is 12.2. The van der Waals surface area contributed by atoms with Crippen molar-refractivity contribution in [3.63, 3.8) is 0 Å². The SMILES string of the molecule is O=C(NC(CC1CC1)C(=O)O)c1ccc(NC(=O)C2CC2)cc1. The van der Waals surface area contributed by atoms with E-state index in [-0.39, 0.29) is 11.8 Å². The number of rotatable bonds is 7. The number of hydrogen-bond acceptors (Lipinski definition) is 3. The Kier molecular flexibility index (Phi) is 4.32. The zero-order chi connectivity index (χ0) is 16.4. The number of carbonyl (C=O) groups excluding carboxylic acids is 2. The van der Waals surface area contributed by atoms with E-state index >= 15 is 0 Å². The van der Waals surface area contributed by atoms with Crippen LogP contribution in [0.3, 0.4) is 0 Å². The molecule has 6 nitrogen and oxygen atoms in total. The zero-order valence-corrected chi connectivity index (χ0v) is 12.7. The molecule has 1 unspecified atom stereocenters. The Hall–Kier alpha value is -2.37. The zero-order valence-electron chi connectivity index (χ0n) is 12.7. The predicted octanol–water partition coefficient (Wildman–Crippen LogP) is 2.02. The molecule has 0 spiro atoms. The molecule has 0 saturated heterocycles. The smallest absolute Gasteiger partial charge is 0.326 e. The number of nitrogens with one attached hydrogen (secondary N) is 2. The maximum Gasteiger partial charge on any atom is 0.326 e. The Morgan fingerprint density at radius 1 is 1.09 bits per heavy atom. The molecule has 23 heavy (non-hydrogen) atoms. The Labute approximate surface area is 134 Å². The molecule has 0 aromatic heterocycles. The van der Waals surface area contributed by atoms with Gasteiger partial charge in [0, 0.05) is 17.2 Å². The molecule has 6 heteroatoms. The van der Waals surface area contributed by atoms with E-state index in [2.05, 4.69) is 10.6 Å². The van der Waals surface area contributed by atoms with E-state index in [0.29, 0.717) is 23.6 Å². The molecular formula is C17H20N2O4. The van der Waals surface area contributed by atoms with Crippen LogP contribution in [0, 0.1) is 11.8 Å². The molecule has 122 valence electrons. The van der Waals surface area contributed by atoms with Gasteiger partial charge in [-0.3, -0.25) is 9.59 Å². The standard InChI is InChI=1S/C17H20N2O4/c20-15(11-3-4-11)18-13-7-5-12(6-8-13)16(21)19-14(17(22)23)9-10-1-2-10/h5-8,10-11,14H,1-4,9H2,(H,18,20)(H,19,21)(H,22,23). The second-order valence-electron chi connectivity index (χ2n) is 6.38. The molecule has 2 aliphatic rings. The van der Waals surface area contributed by atoms with Gasteiger partial charge in [0.25, 0.3) is 5.91 Å². The number of carbonyl (C=O) groups is 3. The molecular weight excluding hydrogens is 296 g/mol. The minimum absolute atomic E-state index is 0.0116. The first kappa shape index (κ1) is 15.5. The third kappa shape index (κ3) is 4.31. The van der Waals surface area contributed by atoms with E-state index < -0.39 is 17.9 Å². The molecule has 2 saturated carbocycles. The van der Waals surface area contributed by atoms with Crippen molar-refractivity contribution in [2.45, 2.75) is 38.1 Å². The average molecular weight is 316 g/mol. The molecule has 1 atom stereocenters. The number of carboxylic acid groups (broad SMARTS) is 1. The van der Waals surface area contributed by atoms with Gasteiger partial charge < -0.3 is 15.7 Å². The van der Waals surface area contributed by atoms with Crippen molar-refractivity contribution in [3.05, 3.63) is 29.8 Å². The summed E-state index contributed by atoms with van der Waals surface area (Å²) in [5, 5.41) is 14.5. The summed E-state index contributed by atoms with van der Waals surface area (Å²) in [7, 11) is 0. The highest BCUT2D eigenvalue weighted by Crippen LogP contribution is 2.33. The molecule has 1 aromatic carbocycles. The van der Waals surface area contributed by atoms with Gasteiger partial charge in [0.1, 0.15) is 6.04 Å². The first-order chi connectivity index (χ1) is 11.0. The van der Waals surface area contributed by atoms with E-state index in [1.165, 1.54) is 0 Å². The van der Waals surface area contributed by atoms with E-state index in [0.717, 1.165) is 25.7 Å². The van der Waals surface area contributed by atoms with Crippen molar-refractivity contribution in [2.24, 2.45) is 11.8 Å². The van der Waals surface area contributed by atoms with Crippen LogP contribution < -0.4 is 10.6 Å². The molecule has 2 amide bonds. The lowest BCUT2D eigenvalue weighted by Crippen LogP contribution is -2.41. The summed E-state index contributed by atoms with van der Waals surface area (Å²) in [5.41, 5.74) is 1.03. The molecule has 3 N–H and O–H groups in total. The number of anilines is 1. The molecule has 3 rings (SSSR count). The Morgan fingerprint density at radius 3 is 2.26 bits per heavy atom. The minimum Gasteiger partial charge on any atom is -0.480 e. The summed E-state index contributed by atoms with van der Waals surface area (Å²) >= 11 is 0.